The molecule has 0 spiro atoms. The molecule has 2 heterocycles. The molecule has 4 aromatic rings. The highest BCUT2D eigenvalue weighted by atomic mass is 32.1. The summed E-state index contributed by atoms with van der Waals surface area (Å²) in [5.74, 6) is 2.76. The zero-order chi connectivity index (χ0) is 26.5. The van der Waals surface area contributed by atoms with Gasteiger partial charge in [0.05, 0.1) is 26.9 Å². The van der Waals surface area contributed by atoms with E-state index in [1.54, 1.807) is 32.7 Å². The van der Waals surface area contributed by atoms with Gasteiger partial charge in [-0.05, 0) is 86.1 Å². The first kappa shape index (κ1) is 26.1. The van der Waals surface area contributed by atoms with Crippen molar-refractivity contribution < 1.29 is 23.7 Å². The van der Waals surface area contributed by atoms with Gasteiger partial charge in [0.1, 0.15) is 29.6 Å². The minimum absolute atomic E-state index is 0.0644. The Kier molecular flexibility index (Phi) is 8.15. The van der Waals surface area contributed by atoms with Crippen LogP contribution in [0.25, 0.3) is 20.5 Å². The second-order valence-electron chi connectivity index (χ2n) is 9.34. The van der Waals surface area contributed by atoms with Crippen LogP contribution in [0.5, 0.6) is 23.0 Å². The monoisotopic (exact) mass is 531 g/mol. The number of ether oxygens (including phenoxy) is 4. The summed E-state index contributed by atoms with van der Waals surface area (Å²) in [6.45, 7) is 3.87. The van der Waals surface area contributed by atoms with Crippen LogP contribution < -0.4 is 18.9 Å². The van der Waals surface area contributed by atoms with Gasteiger partial charge >= 0.3 is 0 Å². The third-order valence-electron chi connectivity index (χ3n) is 7.00. The lowest BCUT2D eigenvalue weighted by Crippen LogP contribution is -2.33. The normalized spacial score (nSPS) is 13.9. The number of likely N-dealkylation sites (tertiary alicyclic amines) is 1. The van der Waals surface area contributed by atoms with Gasteiger partial charge in [0.15, 0.2) is 5.78 Å². The zero-order valence-electron chi connectivity index (χ0n) is 22.1. The average molecular weight is 532 g/mol. The summed E-state index contributed by atoms with van der Waals surface area (Å²) in [6, 6.07) is 19.0. The molecule has 1 aliphatic heterocycles. The van der Waals surface area contributed by atoms with Crippen molar-refractivity contribution in [2.45, 2.75) is 19.3 Å². The van der Waals surface area contributed by atoms with Gasteiger partial charge in [-0.15, -0.1) is 11.3 Å². The SMILES string of the molecule is COc1ccc(-c2sc3cc(OC)cc(OC)c3c2C(=O)c2ccc(OCCN3CCCCC3)cc2)cc1. The minimum atomic E-state index is -0.0644. The van der Waals surface area contributed by atoms with Crippen LogP contribution in [0, 0.1) is 0 Å². The molecule has 0 saturated carbocycles. The molecule has 0 unspecified atom stereocenters. The Morgan fingerprint density at radius 1 is 0.816 bits per heavy atom. The second-order valence-corrected chi connectivity index (χ2v) is 10.4. The van der Waals surface area contributed by atoms with Crippen molar-refractivity contribution in [1.82, 2.24) is 4.90 Å². The van der Waals surface area contributed by atoms with Crippen molar-refractivity contribution in [3.8, 4) is 33.4 Å². The van der Waals surface area contributed by atoms with Crippen LogP contribution in [0.15, 0.2) is 60.7 Å². The molecule has 1 aromatic heterocycles. The molecular weight excluding hydrogens is 498 g/mol. The molecule has 38 heavy (non-hydrogen) atoms. The topological polar surface area (TPSA) is 57.2 Å². The number of rotatable bonds is 10. The molecule has 1 aliphatic rings. The summed E-state index contributed by atoms with van der Waals surface area (Å²) in [7, 11) is 4.88. The van der Waals surface area contributed by atoms with E-state index in [1.165, 1.54) is 19.3 Å². The van der Waals surface area contributed by atoms with Crippen LogP contribution in [-0.4, -0.2) is 58.3 Å². The highest BCUT2D eigenvalue weighted by Gasteiger charge is 2.25. The minimum Gasteiger partial charge on any atom is -0.497 e. The number of benzene rings is 3. The molecule has 0 N–H and O–H groups in total. The molecule has 0 radical (unpaired) electrons. The third kappa shape index (κ3) is 5.49. The van der Waals surface area contributed by atoms with Crippen molar-refractivity contribution in [2.75, 3.05) is 47.6 Å². The lowest BCUT2D eigenvalue weighted by molar-refractivity contribution is 0.104. The Bertz CT molecular complexity index is 1390. The zero-order valence-corrected chi connectivity index (χ0v) is 22.9. The maximum absolute atomic E-state index is 14.0. The lowest BCUT2D eigenvalue weighted by atomic mass is 9.97. The van der Waals surface area contributed by atoms with Crippen LogP contribution in [-0.2, 0) is 0 Å². The van der Waals surface area contributed by atoms with E-state index < -0.39 is 0 Å². The molecule has 0 aliphatic carbocycles. The number of piperidine rings is 1. The summed E-state index contributed by atoms with van der Waals surface area (Å²) >= 11 is 1.55. The van der Waals surface area contributed by atoms with Crippen LogP contribution in [0.1, 0.15) is 35.2 Å². The Labute approximate surface area is 227 Å². The second kappa shape index (κ2) is 11.9. The van der Waals surface area contributed by atoms with E-state index in [2.05, 4.69) is 4.90 Å². The predicted octanol–water partition coefficient (Wildman–Crippen LogP) is 6.69. The smallest absolute Gasteiger partial charge is 0.195 e. The summed E-state index contributed by atoms with van der Waals surface area (Å²) in [6.07, 6.45) is 3.86. The molecular formula is C31H33NO5S. The molecule has 3 aromatic carbocycles. The average Bonchev–Trinajstić information content (AvgIpc) is 3.36. The molecule has 5 rings (SSSR count). The van der Waals surface area contributed by atoms with Gasteiger partial charge in [-0.2, -0.15) is 0 Å². The molecule has 1 saturated heterocycles. The van der Waals surface area contributed by atoms with Gasteiger partial charge in [0, 0.05) is 33.1 Å². The standard InChI is InChI=1S/C31H33NO5S/c1-34-23-11-9-22(10-12-23)31-29(28-26(36-3)19-25(35-2)20-27(28)38-31)30(33)21-7-13-24(14-8-21)37-18-17-32-15-5-4-6-16-32/h7-14,19-20H,4-6,15-18H2,1-3H3. The number of carbonyl (C=O) groups excluding carboxylic acids is 1. The fourth-order valence-corrected chi connectivity index (χ4v) is 6.18. The van der Waals surface area contributed by atoms with E-state index in [0.717, 1.165) is 51.7 Å². The molecule has 7 heteroatoms. The van der Waals surface area contributed by atoms with Crippen LogP contribution in [0.3, 0.4) is 0 Å². The molecule has 0 amide bonds. The number of hydrogen-bond donors (Lipinski definition) is 0. The summed E-state index contributed by atoms with van der Waals surface area (Å²) < 4.78 is 23.5. The van der Waals surface area contributed by atoms with E-state index >= 15 is 0 Å². The number of nitrogens with zero attached hydrogens (tertiary/aromatic N) is 1. The van der Waals surface area contributed by atoms with E-state index in [0.29, 0.717) is 29.2 Å². The van der Waals surface area contributed by atoms with E-state index in [4.69, 9.17) is 18.9 Å². The van der Waals surface area contributed by atoms with Gasteiger partial charge in [-0.1, -0.05) is 6.42 Å². The highest BCUT2D eigenvalue weighted by Crippen LogP contribution is 2.46. The maximum atomic E-state index is 14.0. The molecule has 1 fully saturated rings. The Balaban J connectivity index is 1.46. The van der Waals surface area contributed by atoms with Gasteiger partial charge in [-0.3, -0.25) is 9.69 Å². The van der Waals surface area contributed by atoms with Crippen molar-refractivity contribution in [1.29, 1.82) is 0 Å². The Hall–Kier alpha value is -3.55. The van der Waals surface area contributed by atoms with Gasteiger partial charge < -0.3 is 18.9 Å². The van der Waals surface area contributed by atoms with E-state index in [-0.39, 0.29) is 5.78 Å². The van der Waals surface area contributed by atoms with Crippen LogP contribution in [0.2, 0.25) is 0 Å². The van der Waals surface area contributed by atoms with Crippen molar-refractivity contribution in [3.05, 3.63) is 71.8 Å². The molecule has 0 bridgehead atoms. The first-order valence-corrected chi connectivity index (χ1v) is 13.8. The van der Waals surface area contributed by atoms with Crippen molar-refractivity contribution >= 4 is 27.2 Å². The molecule has 198 valence electrons. The number of carbonyl (C=O) groups is 1. The number of fused-ring (bicyclic) bond motifs is 1. The van der Waals surface area contributed by atoms with Gasteiger partial charge in [0.25, 0.3) is 0 Å². The number of thiophene rings is 1. The maximum Gasteiger partial charge on any atom is 0.195 e. The van der Waals surface area contributed by atoms with E-state index in [9.17, 15) is 4.79 Å². The number of methoxy groups -OCH3 is 3. The molecule has 0 atom stereocenters. The largest absolute Gasteiger partial charge is 0.497 e. The van der Waals surface area contributed by atoms with Gasteiger partial charge in [0.2, 0.25) is 0 Å². The first-order valence-electron chi connectivity index (χ1n) is 12.9. The summed E-state index contributed by atoms with van der Waals surface area (Å²) in [5.41, 5.74) is 2.16. The first-order chi connectivity index (χ1) is 18.6. The number of hydrogen-bond acceptors (Lipinski definition) is 7. The Morgan fingerprint density at radius 2 is 1.50 bits per heavy atom. The lowest BCUT2D eigenvalue weighted by Gasteiger charge is -2.26. The number of ketones is 1. The van der Waals surface area contributed by atoms with Crippen LogP contribution >= 0.6 is 11.3 Å². The highest BCUT2D eigenvalue weighted by molar-refractivity contribution is 7.23. The predicted molar refractivity (Wildman–Crippen MR) is 153 cm³/mol. The van der Waals surface area contributed by atoms with E-state index in [1.807, 2.05) is 60.7 Å². The van der Waals surface area contributed by atoms with Crippen LogP contribution in [0.4, 0.5) is 0 Å². The fraction of sp³-hybridized carbons (Fsp3) is 0.323. The molecule has 6 nitrogen and oxygen atoms in total. The van der Waals surface area contributed by atoms with Gasteiger partial charge in [-0.25, -0.2) is 0 Å². The quantitative estimate of drug-likeness (QED) is 0.213. The third-order valence-corrected chi connectivity index (χ3v) is 8.19. The van der Waals surface area contributed by atoms with Crippen molar-refractivity contribution in [3.63, 3.8) is 0 Å². The summed E-state index contributed by atoms with van der Waals surface area (Å²) in [5, 5.41) is 0.788. The van der Waals surface area contributed by atoms with Crippen molar-refractivity contribution in [2.24, 2.45) is 0 Å². The fourth-order valence-electron chi connectivity index (χ4n) is 4.93. The summed E-state index contributed by atoms with van der Waals surface area (Å²) in [4.78, 5) is 17.4. The Morgan fingerprint density at radius 3 is 2.16 bits per heavy atom.